The first kappa shape index (κ1) is 10.2. The molecule has 15 heavy (non-hydrogen) atoms. The summed E-state index contributed by atoms with van der Waals surface area (Å²) in [4.78, 5) is 18.0. The van der Waals surface area contributed by atoms with Gasteiger partial charge in [-0.15, -0.1) is 0 Å². The topological polar surface area (TPSA) is 38.1 Å². The first-order chi connectivity index (χ1) is 7.20. The van der Waals surface area contributed by atoms with E-state index >= 15 is 0 Å². The average Bonchev–Trinajstić information content (AvgIpc) is 2.84. The van der Waals surface area contributed by atoms with Crippen LogP contribution in [0.4, 0.5) is 0 Å². The van der Waals surface area contributed by atoms with E-state index in [0.717, 1.165) is 25.9 Å². The van der Waals surface area contributed by atoms with Gasteiger partial charge in [-0.2, -0.15) is 0 Å². The van der Waals surface area contributed by atoms with Crippen LogP contribution in [0.3, 0.4) is 0 Å². The van der Waals surface area contributed by atoms with Gasteiger partial charge in [0.05, 0.1) is 6.33 Å². The number of amides is 1. The van der Waals surface area contributed by atoms with Gasteiger partial charge in [-0.05, 0) is 12.3 Å². The Kier molecular flexibility index (Phi) is 2.75. The van der Waals surface area contributed by atoms with Crippen LogP contribution in [-0.2, 0) is 7.05 Å². The fourth-order valence-electron chi connectivity index (χ4n) is 2.04. The molecule has 0 spiro atoms. The maximum Gasteiger partial charge on any atom is 0.274 e. The molecule has 1 unspecified atom stereocenters. The lowest BCUT2D eigenvalue weighted by atomic mass is 10.1. The van der Waals surface area contributed by atoms with E-state index in [9.17, 15) is 4.79 Å². The van der Waals surface area contributed by atoms with Crippen molar-refractivity contribution in [1.29, 1.82) is 0 Å². The molecule has 0 aliphatic carbocycles. The summed E-state index contributed by atoms with van der Waals surface area (Å²) >= 11 is 0. The summed E-state index contributed by atoms with van der Waals surface area (Å²) in [7, 11) is 1.88. The highest BCUT2D eigenvalue weighted by molar-refractivity contribution is 5.92. The largest absolute Gasteiger partial charge is 0.340 e. The number of likely N-dealkylation sites (tertiary alicyclic amines) is 1. The SMILES string of the molecule is CCC1CCN(C(=O)c2cn(C)cn2)C1. The normalized spacial score (nSPS) is 20.9. The van der Waals surface area contributed by atoms with Crippen molar-refractivity contribution in [2.75, 3.05) is 13.1 Å². The van der Waals surface area contributed by atoms with Crippen molar-refractivity contribution in [3.05, 3.63) is 18.2 Å². The molecule has 1 amide bonds. The van der Waals surface area contributed by atoms with Crippen LogP contribution in [0.25, 0.3) is 0 Å². The molecule has 1 aliphatic rings. The smallest absolute Gasteiger partial charge is 0.274 e. The van der Waals surface area contributed by atoms with Crippen LogP contribution < -0.4 is 0 Å². The van der Waals surface area contributed by atoms with E-state index in [4.69, 9.17) is 0 Å². The molecule has 4 nitrogen and oxygen atoms in total. The summed E-state index contributed by atoms with van der Waals surface area (Å²) in [6, 6.07) is 0. The van der Waals surface area contributed by atoms with Crippen LogP contribution in [-0.4, -0.2) is 33.4 Å². The van der Waals surface area contributed by atoms with Gasteiger partial charge in [-0.1, -0.05) is 13.3 Å². The molecule has 0 N–H and O–H groups in total. The summed E-state index contributed by atoms with van der Waals surface area (Å²) in [6.07, 6.45) is 5.74. The number of imidazole rings is 1. The third-order valence-corrected chi connectivity index (χ3v) is 3.07. The van der Waals surface area contributed by atoms with E-state index in [2.05, 4.69) is 11.9 Å². The third-order valence-electron chi connectivity index (χ3n) is 3.07. The molecule has 2 rings (SSSR count). The Morgan fingerprint density at radius 2 is 2.47 bits per heavy atom. The lowest BCUT2D eigenvalue weighted by molar-refractivity contribution is 0.0781. The lowest BCUT2D eigenvalue weighted by Gasteiger charge is -2.14. The van der Waals surface area contributed by atoms with Crippen molar-refractivity contribution in [2.24, 2.45) is 13.0 Å². The Morgan fingerprint density at radius 3 is 3.00 bits per heavy atom. The van der Waals surface area contributed by atoms with E-state index < -0.39 is 0 Å². The minimum atomic E-state index is 0.0755. The van der Waals surface area contributed by atoms with Gasteiger partial charge in [0.2, 0.25) is 0 Å². The summed E-state index contributed by atoms with van der Waals surface area (Å²) in [5.74, 6) is 0.754. The maximum absolute atomic E-state index is 12.0. The number of aromatic nitrogens is 2. The van der Waals surface area contributed by atoms with Crippen molar-refractivity contribution in [2.45, 2.75) is 19.8 Å². The minimum absolute atomic E-state index is 0.0755. The first-order valence-corrected chi connectivity index (χ1v) is 5.48. The van der Waals surface area contributed by atoms with Crippen LogP contribution in [0.5, 0.6) is 0 Å². The molecule has 1 fully saturated rings. The van der Waals surface area contributed by atoms with Crippen molar-refractivity contribution < 1.29 is 4.79 Å². The van der Waals surface area contributed by atoms with Gasteiger partial charge in [-0.25, -0.2) is 4.98 Å². The van der Waals surface area contributed by atoms with Gasteiger partial charge < -0.3 is 9.47 Å². The maximum atomic E-state index is 12.0. The van der Waals surface area contributed by atoms with Crippen LogP contribution >= 0.6 is 0 Å². The first-order valence-electron chi connectivity index (χ1n) is 5.48. The fourth-order valence-corrected chi connectivity index (χ4v) is 2.04. The van der Waals surface area contributed by atoms with Crippen molar-refractivity contribution in [3.63, 3.8) is 0 Å². The highest BCUT2D eigenvalue weighted by atomic mass is 16.2. The number of carbonyl (C=O) groups excluding carboxylic acids is 1. The summed E-state index contributed by atoms with van der Waals surface area (Å²) in [5.41, 5.74) is 0.564. The Balaban J connectivity index is 2.03. The van der Waals surface area contributed by atoms with E-state index in [1.807, 2.05) is 11.9 Å². The molecular weight excluding hydrogens is 190 g/mol. The minimum Gasteiger partial charge on any atom is -0.340 e. The Morgan fingerprint density at radius 1 is 1.67 bits per heavy atom. The molecule has 0 aromatic carbocycles. The zero-order valence-electron chi connectivity index (χ0n) is 9.31. The second-order valence-corrected chi connectivity index (χ2v) is 4.24. The predicted molar refractivity (Wildman–Crippen MR) is 57.5 cm³/mol. The summed E-state index contributed by atoms with van der Waals surface area (Å²) in [6.45, 7) is 3.96. The van der Waals surface area contributed by atoms with Gasteiger partial charge in [0.1, 0.15) is 5.69 Å². The molecule has 0 bridgehead atoms. The van der Waals surface area contributed by atoms with Crippen molar-refractivity contribution in [1.82, 2.24) is 14.5 Å². The fraction of sp³-hybridized carbons (Fsp3) is 0.636. The summed E-state index contributed by atoms with van der Waals surface area (Å²) < 4.78 is 1.81. The number of hydrogen-bond acceptors (Lipinski definition) is 2. The van der Waals surface area contributed by atoms with E-state index in [1.54, 1.807) is 17.1 Å². The molecule has 1 aromatic heterocycles. The van der Waals surface area contributed by atoms with E-state index in [1.165, 1.54) is 0 Å². The van der Waals surface area contributed by atoms with Gasteiger partial charge in [-0.3, -0.25) is 4.79 Å². The molecule has 1 atom stereocenters. The average molecular weight is 207 g/mol. The zero-order chi connectivity index (χ0) is 10.8. The molecular formula is C11H17N3O. The van der Waals surface area contributed by atoms with Gasteiger partial charge in [0, 0.05) is 26.3 Å². The van der Waals surface area contributed by atoms with E-state index in [-0.39, 0.29) is 5.91 Å². The number of nitrogens with zero attached hydrogens (tertiary/aromatic N) is 3. The number of hydrogen-bond donors (Lipinski definition) is 0. The van der Waals surface area contributed by atoms with E-state index in [0.29, 0.717) is 11.6 Å². The second-order valence-electron chi connectivity index (χ2n) is 4.24. The van der Waals surface area contributed by atoms with Gasteiger partial charge in [0.25, 0.3) is 5.91 Å². The monoisotopic (exact) mass is 207 g/mol. The van der Waals surface area contributed by atoms with Crippen LogP contribution in [0.15, 0.2) is 12.5 Å². The Labute approximate surface area is 89.9 Å². The molecule has 0 radical (unpaired) electrons. The van der Waals surface area contributed by atoms with Gasteiger partial charge in [0.15, 0.2) is 0 Å². The molecule has 2 heterocycles. The van der Waals surface area contributed by atoms with Crippen LogP contribution in [0.1, 0.15) is 30.3 Å². The van der Waals surface area contributed by atoms with Gasteiger partial charge >= 0.3 is 0 Å². The van der Waals surface area contributed by atoms with Crippen molar-refractivity contribution in [3.8, 4) is 0 Å². The lowest BCUT2D eigenvalue weighted by Crippen LogP contribution is -2.28. The Bertz CT molecular complexity index is 358. The zero-order valence-corrected chi connectivity index (χ0v) is 9.31. The molecule has 1 saturated heterocycles. The quantitative estimate of drug-likeness (QED) is 0.733. The second kappa shape index (κ2) is 4.04. The molecule has 4 heteroatoms. The molecule has 1 aliphatic heterocycles. The number of aryl methyl sites for hydroxylation is 1. The highest BCUT2D eigenvalue weighted by Gasteiger charge is 2.26. The predicted octanol–water partition coefficient (Wildman–Crippen LogP) is 1.29. The molecule has 1 aromatic rings. The highest BCUT2D eigenvalue weighted by Crippen LogP contribution is 2.20. The Hall–Kier alpha value is -1.32. The molecule has 82 valence electrons. The summed E-state index contributed by atoms with van der Waals surface area (Å²) in [5, 5.41) is 0. The number of carbonyl (C=O) groups is 1. The standard InChI is InChI=1S/C11H17N3O/c1-3-9-4-5-14(6-9)11(15)10-7-13(2)8-12-10/h7-9H,3-6H2,1-2H3. The van der Waals surface area contributed by atoms with Crippen LogP contribution in [0, 0.1) is 5.92 Å². The third kappa shape index (κ3) is 2.03. The van der Waals surface area contributed by atoms with Crippen LogP contribution in [0.2, 0.25) is 0 Å². The molecule has 0 saturated carbocycles. The number of rotatable bonds is 2. The van der Waals surface area contributed by atoms with Crippen molar-refractivity contribution >= 4 is 5.91 Å².